The number of non-ortho nitro benzene ring substituents is 1. The number of benzene rings is 2. The van der Waals surface area contributed by atoms with Gasteiger partial charge in [-0.25, -0.2) is 9.48 Å². The Morgan fingerprint density at radius 2 is 1.85 bits per heavy atom. The molecule has 0 bridgehead atoms. The third-order valence-electron chi connectivity index (χ3n) is 3.84. The molecule has 0 aliphatic carbocycles. The number of nitrogen functional groups attached to an aromatic ring is 1. The summed E-state index contributed by atoms with van der Waals surface area (Å²) in [5.74, 6) is -1.90. The minimum absolute atomic E-state index is 0.0198. The SMILES string of the molecule is Nc1c(C(=O)c2cccc([N+](=O)[O-])c2)cccc1-n1[nH]c(C(=O)O)cc1=O. The van der Waals surface area contributed by atoms with E-state index in [0.29, 0.717) is 0 Å². The summed E-state index contributed by atoms with van der Waals surface area (Å²) >= 11 is 0. The molecule has 10 heteroatoms. The van der Waals surface area contributed by atoms with Gasteiger partial charge in [-0.3, -0.25) is 24.8 Å². The molecule has 0 saturated heterocycles. The fourth-order valence-corrected chi connectivity index (χ4v) is 2.55. The van der Waals surface area contributed by atoms with Gasteiger partial charge in [-0.15, -0.1) is 0 Å². The maximum absolute atomic E-state index is 12.7. The number of aromatic amines is 1. The summed E-state index contributed by atoms with van der Waals surface area (Å²) in [5, 5.41) is 22.3. The van der Waals surface area contributed by atoms with Crippen LogP contribution < -0.4 is 11.3 Å². The van der Waals surface area contributed by atoms with Crippen molar-refractivity contribution in [3.8, 4) is 5.69 Å². The number of nitro groups is 1. The van der Waals surface area contributed by atoms with E-state index in [0.717, 1.165) is 16.8 Å². The number of nitrogens with two attached hydrogens (primary N) is 1. The highest BCUT2D eigenvalue weighted by molar-refractivity contribution is 6.13. The molecule has 0 fully saturated rings. The van der Waals surface area contributed by atoms with E-state index in [1.807, 2.05) is 0 Å². The number of nitrogens with one attached hydrogen (secondary N) is 1. The smallest absolute Gasteiger partial charge is 0.353 e. The highest BCUT2D eigenvalue weighted by atomic mass is 16.6. The van der Waals surface area contributed by atoms with Gasteiger partial charge >= 0.3 is 5.97 Å². The number of carboxylic acids is 1. The summed E-state index contributed by atoms with van der Waals surface area (Å²) in [6.45, 7) is 0. The average Bonchev–Trinajstić information content (AvgIpc) is 3.03. The lowest BCUT2D eigenvalue weighted by atomic mass is 10.0. The van der Waals surface area contributed by atoms with Crippen molar-refractivity contribution in [2.75, 3.05) is 5.73 Å². The first-order valence-electron chi connectivity index (χ1n) is 7.53. The molecule has 136 valence electrons. The number of aromatic carboxylic acids is 1. The molecule has 0 spiro atoms. The van der Waals surface area contributed by atoms with Crippen molar-refractivity contribution in [3.63, 3.8) is 0 Å². The third kappa shape index (κ3) is 3.18. The number of carbonyl (C=O) groups is 2. The largest absolute Gasteiger partial charge is 0.477 e. The van der Waals surface area contributed by atoms with E-state index in [1.54, 1.807) is 0 Å². The second kappa shape index (κ2) is 6.59. The van der Waals surface area contributed by atoms with Crippen LogP contribution in [0.4, 0.5) is 11.4 Å². The number of anilines is 1. The van der Waals surface area contributed by atoms with E-state index in [2.05, 4.69) is 5.10 Å². The van der Waals surface area contributed by atoms with Gasteiger partial charge in [0.15, 0.2) is 5.78 Å². The van der Waals surface area contributed by atoms with Gasteiger partial charge in [0.25, 0.3) is 11.2 Å². The minimum Gasteiger partial charge on any atom is -0.477 e. The molecule has 3 aromatic rings. The second-order valence-electron chi connectivity index (χ2n) is 5.52. The maximum Gasteiger partial charge on any atom is 0.353 e. The molecule has 10 nitrogen and oxygen atoms in total. The number of carbonyl (C=O) groups excluding carboxylic acids is 1. The highest BCUT2D eigenvalue weighted by Crippen LogP contribution is 2.24. The molecule has 27 heavy (non-hydrogen) atoms. The van der Waals surface area contributed by atoms with Gasteiger partial charge in [-0.05, 0) is 12.1 Å². The van der Waals surface area contributed by atoms with Gasteiger partial charge in [-0.1, -0.05) is 18.2 Å². The van der Waals surface area contributed by atoms with Crippen molar-refractivity contribution in [3.05, 3.63) is 85.8 Å². The molecular formula is C17H12N4O6. The number of hydrogen-bond acceptors (Lipinski definition) is 6. The van der Waals surface area contributed by atoms with Gasteiger partial charge in [0.05, 0.1) is 16.3 Å². The number of nitro benzene ring substituents is 1. The lowest BCUT2D eigenvalue weighted by Gasteiger charge is -2.10. The van der Waals surface area contributed by atoms with E-state index in [1.165, 1.54) is 36.4 Å². The standard InChI is InChI=1S/C17H12N4O6/c18-15-11(16(23)9-3-1-4-10(7-9)21(26)27)5-2-6-13(15)20-14(22)8-12(19-20)17(24)25/h1-8,19H,18H2,(H,24,25). The number of rotatable bonds is 5. The normalized spacial score (nSPS) is 10.5. The van der Waals surface area contributed by atoms with Crippen LogP contribution in [-0.2, 0) is 0 Å². The number of ketones is 1. The summed E-state index contributed by atoms with van der Waals surface area (Å²) in [7, 11) is 0. The van der Waals surface area contributed by atoms with Crippen LogP contribution >= 0.6 is 0 Å². The van der Waals surface area contributed by atoms with Gasteiger partial charge in [0, 0.05) is 29.3 Å². The van der Waals surface area contributed by atoms with Gasteiger partial charge in [0.2, 0.25) is 0 Å². The van der Waals surface area contributed by atoms with Crippen molar-refractivity contribution in [2.45, 2.75) is 0 Å². The molecule has 0 atom stereocenters. The summed E-state index contributed by atoms with van der Waals surface area (Å²) in [5.41, 5.74) is 4.86. The van der Waals surface area contributed by atoms with E-state index >= 15 is 0 Å². The lowest BCUT2D eigenvalue weighted by molar-refractivity contribution is -0.384. The quantitative estimate of drug-likeness (QED) is 0.266. The minimum atomic E-state index is -1.33. The Bertz CT molecular complexity index is 1140. The number of carboxylic acid groups (broad SMARTS) is 1. The monoisotopic (exact) mass is 368 g/mol. The Kier molecular flexibility index (Phi) is 4.30. The molecule has 1 aromatic heterocycles. The van der Waals surface area contributed by atoms with Gasteiger partial charge in [0.1, 0.15) is 5.69 Å². The highest BCUT2D eigenvalue weighted by Gasteiger charge is 2.19. The van der Waals surface area contributed by atoms with Crippen molar-refractivity contribution in [2.24, 2.45) is 0 Å². The zero-order chi connectivity index (χ0) is 19.7. The van der Waals surface area contributed by atoms with Crippen LogP contribution in [0.5, 0.6) is 0 Å². The molecule has 0 unspecified atom stereocenters. The summed E-state index contributed by atoms with van der Waals surface area (Å²) in [4.78, 5) is 46.0. The maximum atomic E-state index is 12.7. The predicted molar refractivity (Wildman–Crippen MR) is 94.3 cm³/mol. The zero-order valence-corrected chi connectivity index (χ0v) is 13.6. The summed E-state index contributed by atoms with van der Waals surface area (Å²) < 4.78 is 0.906. The molecule has 1 heterocycles. The Labute approximate surface area is 150 Å². The third-order valence-corrected chi connectivity index (χ3v) is 3.84. The van der Waals surface area contributed by atoms with Crippen molar-refractivity contribution >= 4 is 23.1 Å². The van der Waals surface area contributed by atoms with E-state index < -0.39 is 22.2 Å². The fourth-order valence-electron chi connectivity index (χ4n) is 2.55. The van der Waals surface area contributed by atoms with Crippen LogP contribution in [-0.4, -0.2) is 31.6 Å². The number of H-pyrrole nitrogens is 1. The topological polar surface area (TPSA) is 161 Å². The molecule has 0 aliphatic rings. The van der Waals surface area contributed by atoms with E-state index in [4.69, 9.17) is 10.8 Å². The van der Waals surface area contributed by atoms with Crippen molar-refractivity contribution in [1.29, 1.82) is 0 Å². The number of para-hydroxylation sites is 1. The zero-order valence-electron chi connectivity index (χ0n) is 13.6. The van der Waals surface area contributed by atoms with E-state index in [9.17, 15) is 24.5 Å². The van der Waals surface area contributed by atoms with Crippen LogP contribution in [0.15, 0.2) is 53.3 Å². The van der Waals surface area contributed by atoms with Crippen LogP contribution in [0.3, 0.4) is 0 Å². The Morgan fingerprint density at radius 1 is 1.15 bits per heavy atom. The summed E-state index contributed by atoms with van der Waals surface area (Å²) in [6.07, 6.45) is 0. The van der Waals surface area contributed by atoms with Crippen molar-refractivity contribution in [1.82, 2.24) is 9.78 Å². The van der Waals surface area contributed by atoms with Gasteiger partial charge < -0.3 is 10.8 Å². The second-order valence-corrected chi connectivity index (χ2v) is 5.52. The fraction of sp³-hybridized carbons (Fsp3) is 0. The Hall–Kier alpha value is -4.21. The molecule has 0 aliphatic heterocycles. The predicted octanol–water partition coefficient (Wildman–Crippen LogP) is 1.59. The number of nitrogens with zero attached hydrogens (tertiary/aromatic N) is 2. The van der Waals surface area contributed by atoms with Crippen LogP contribution in [0.1, 0.15) is 26.4 Å². The lowest BCUT2D eigenvalue weighted by Crippen LogP contribution is -2.17. The van der Waals surface area contributed by atoms with Crippen molar-refractivity contribution < 1.29 is 19.6 Å². The number of aromatic nitrogens is 2. The van der Waals surface area contributed by atoms with Crippen LogP contribution in [0.2, 0.25) is 0 Å². The molecule has 0 radical (unpaired) electrons. The first-order chi connectivity index (χ1) is 12.8. The van der Waals surface area contributed by atoms with Crippen LogP contribution in [0.25, 0.3) is 5.69 Å². The molecule has 0 saturated carbocycles. The first-order valence-corrected chi connectivity index (χ1v) is 7.53. The Balaban J connectivity index is 2.09. The molecule has 2 aromatic carbocycles. The summed E-state index contributed by atoms with van der Waals surface area (Å²) in [6, 6.07) is 10.3. The Morgan fingerprint density at radius 3 is 2.48 bits per heavy atom. The number of hydrogen-bond donors (Lipinski definition) is 3. The van der Waals surface area contributed by atoms with Gasteiger partial charge in [-0.2, -0.15) is 0 Å². The average molecular weight is 368 g/mol. The molecule has 4 N–H and O–H groups in total. The van der Waals surface area contributed by atoms with E-state index in [-0.39, 0.29) is 33.9 Å². The first kappa shape index (κ1) is 17.6. The molecular weight excluding hydrogens is 356 g/mol. The van der Waals surface area contributed by atoms with Crippen LogP contribution in [0, 0.1) is 10.1 Å². The molecule has 0 amide bonds. The molecule has 3 rings (SSSR count).